The van der Waals surface area contributed by atoms with Gasteiger partial charge in [-0.25, -0.2) is 0 Å². The van der Waals surface area contributed by atoms with E-state index in [2.05, 4.69) is 48.6 Å². The largest absolute Gasteiger partial charge is 0.334 e. The van der Waals surface area contributed by atoms with Gasteiger partial charge in [0.2, 0.25) is 0 Å². The fourth-order valence-electron chi connectivity index (χ4n) is 3.32. The molecular weight excluding hydrogens is 332 g/mol. The number of rotatable bonds is 7. The number of nitrogens with zero attached hydrogens (tertiary/aromatic N) is 1. The minimum absolute atomic E-state index is 0.0546. The number of benzene rings is 3. The lowest BCUT2D eigenvalue weighted by Gasteiger charge is -2.25. The predicted molar refractivity (Wildman–Crippen MR) is 109 cm³/mol. The Hall–Kier alpha value is -2.91. The van der Waals surface area contributed by atoms with Gasteiger partial charge in [0, 0.05) is 18.2 Å². The molecular formula is C24H27N2O+. The number of quaternary nitrogens is 1. The number of nitrogens with two attached hydrogens (primary N) is 1. The van der Waals surface area contributed by atoms with Crippen LogP contribution in [0.4, 0.5) is 0 Å². The molecule has 0 saturated carbocycles. The van der Waals surface area contributed by atoms with Crippen LogP contribution < -0.4 is 5.32 Å². The average Bonchev–Trinajstić information content (AvgIpc) is 2.75. The van der Waals surface area contributed by atoms with Crippen LogP contribution in [0.5, 0.6) is 0 Å². The third-order valence-electron chi connectivity index (χ3n) is 5.10. The summed E-state index contributed by atoms with van der Waals surface area (Å²) in [6.07, 6.45) is 0. The highest BCUT2D eigenvalue weighted by Gasteiger charge is 2.22. The van der Waals surface area contributed by atoms with Gasteiger partial charge in [-0.1, -0.05) is 91.0 Å². The van der Waals surface area contributed by atoms with Crippen LogP contribution in [0.2, 0.25) is 0 Å². The van der Waals surface area contributed by atoms with Crippen molar-refractivity contribution in [1.29, 1.82) is 0 Å². The molecule has 0 aromatic heterocycles. The maximum atomic E-state index is 12.8. The monoisotopic (exact) mass is 359 g/mol. The SMILES string of the molecule is C[C@@H](c1ccccc1)N(C)C(=O)C[NH2+]C(c1ccccc1)c1ccccc1. The number of hydrogen-bond donors (Lipinski definition) is 1. The van der Waals surface area contributed by atoms with Crippen LogP contribution in [-0.4, -0.2) is 24.4 Å². The van der Waals surface area contributed by atoms with Crippen LogP contribution in [-0.2, 0) is 4.79 Å². The van der Waals surface area contributed by atoms with Gasteiger partial charge in [0.25, 0.3) is 5.91 Å². The number of amides is 1. The summed E-state index contributed by atoms with van der Waals surface area (Å²) in [4.78, 5) is 14.7. The van der Waals surface area contributed by atoms with Crippen molar-refractivity contribution < 1.29 is 10.1 Å². The molecule has 0 heterocycles. The quantitative estimate of drug-likeness (QED) is 0.688. The van der Waals surface area contributed by atoms with Gasteiger partial charge < -0.3 is 10.2 Å². The first kappa shape index (κ1) is 18.9. The molecule has 0 radical (unpaired) electrons. The van der Waals surface area contributed by atoms with Crippen molar-refractivity contribution in [3.8, 4) is 0 Å². The lowest BCUT2D eigenvalue weighted by molar-refractivity contribution is -0.677. The number of likely N-dealkylation sites (N-methyl/N-ethyl adjacent to an activating group) is 1. The molecule has 0 saturated heterocycles. The van der Waals surface area contributed by atoms with Gasteiger partial charge in [-0.3, -0.25) is 4.79 Å². The lowest BCUT2D eigenvalue weighted by atomic mass is 9.99. The Balaban J connectivity index is 1.71. The van der Waals surface area contributed by atoms with Crippen LogP contribution in [0.3, 0.4) is 0 Å². The second kappa shape index (κ2) is 9.15. The summed E-state index contributed by atoms with van der Waals surface area (Å²) in [6, 6.07) is 31.0. The molecule has 138 valence electrons. The summed E-state index contributed by atoms with van der Waals surface area (Å²) >= 11 is 0. The molecule has 3 aromatic rings. The fourth-order valence-corrected chi connectivity index (χ4v) is 3.32. The zero-order chi connectivity index (χ0) is 19.1. The number of carbonyl (C=O) groups excluding carboxylic acids is 1. The molecule has 0 bridgehead atoms. The van der Waals surface area contributed by atoms with Gasteiger partial charge >= 0.3 is 0 Å². The Bertz CT molecular complexity index is 795. The summed E-state index contributed by atoms with van der Waals surface area (Å²) in [5, 5.41) is 2.13. The van der Waals surface area contributed by atoms with Crippen LogP contribution in [0.1, 0.15) is 35.7 Å². The summed E-state index contributed by atoms with van der Waals surface area (Å²) < 4.78 is 0. The zero-order valence-electron chi connectivity index (χ0n) is 16.0. The molecule has 1 amide bonds. The molecule has 3 nitrogen and oxygen atoms in total. The number of hydrogen-bond acceptors (Lipinski definition) is 1. The van der Waals surface area contributed by atoms with Crippen LogP contribution >= 0.6 is 0 Å². The molecule has 0 aliphatic rings. The van der Waals surface area contributed by atoms with Gasteiger partial charge in [-0.15, -0.1) is 0 Å². The summed E-state index contributed by atoms with van der Waals surface area (Å²) in [6.45, 7) is 2.47. The van der Waals surface area contributed by atoms with Crippen LogP contribution in [0, 0.1) is 0 Å². The van der Waals surface area contributed by atoms with Crippen LogP contribution in [0.25, 0.3) is 0 Å². The van der Waals surface area contributed by atoms with Crippen LogP contribution in [0.15, 0.2) is 91.0 Å². The Labute approximate surface area is 161 Å². The summed E-state index contributed by atoms with van der Waals surface area (Å²) in [7, 11) is 1.88. The minimum atomic E-state index is 0.0546. The van der Waals surface area contributed by atoms with E-state index in [9.17, 15) is 4.79 Å². The first-order valence-corrected chi connectivity index (χ1v) is 9.40. The predicted octanol–water partition coefficient (Wildman–Crippen LogP) is 3.56. The molecule has 27 heavy (non-hydrogen) atoms. The molecule has 0 aliphatic heterocycles. The zero-order valence-corrected chi connectivity index (χ0v) is 16.0. The summed E-state index contributed by atoms with van der Waals surface area (Å²) in [5.41, 5.74) is 3.56. The van der Waals surface area contributed by atoms with Crippen molar-refractivity contribution in [2.75, 3.05) is 13.6 Å². The average molecular weight is 359 g/mol. The minimum Gasteiger partial charge on any atom is -0.334 e. The topological polar surface area (TPSA) is 36.9 Å². The van der Waals surface area contributed by atoms with Crippen molar-refractivity contribution in [1.82, 2.24) is 4.90 Å². The van der Waals surface area contributed by atoms with Gasteiger partial charge in [-0.2, -0.15) is 0 Å². The van der Waals surface area contributed by atoms with Gasteiger partial charge in [0.05, 0.1) is 6.04 Å². The molecule has 1 atom stereocenters. The van der Waals surface area contributed by atoms with Gasteiger partial charge in [0.1, 0.15) is 6.04 Å². The molecule has 0 spiro atoms. The van der Waals surface area contributed by atoms with E-state index in [1.54, 1.807) is 0 Å². The maximum Gasteiger partial charge on any atom is 0.277 e. The highest BCUT2D eigenvalue weighted by Crippen LogP contribution is 2.19. The third kappa shape index (κ3) is 4.83. The maximum absolute atomic E-state index is 12.8. The fraction of sp³-hybridized carbons (Fsp3) is 0.208. The highest BCUT2D eigenvalue weighted by atomic mass is 16.2. The van der Waals surface area contributed by atoms with E-state index in [0.29, 0.717) is 6.54 Å². The normalized spacial score (nSPS) is 12.0. The lowest BCUT2D eigenvalue weighted by Crippen LogP contribution is -2.87. The molecule has 3 heteroatoms. The van der Waals surface area contributed by atoms with E-state index in [-0.39, 0.29) is 18.0 Å². The molecule has 0 aliphatic carbocycles. The standard InChI is InChI=1S/C24H26N2O/c1-19(20-12-6-3-7-13-20)26(2)23(27)18-25-24(21-14-8-4-9-15-21)22-16-10-5-11-17-22/h3-17,19,24-25H,18H2,1-2H3/p+1/t19-/m0/s1. The van der Waals surface area contributed by atoms with E-state index in [1.165, 1.54) is 11.1 Å². The van der Waals surface area contributed by atoms with E-state index < -0.39 is 0 Å². The first-order chi connectivity index (χ1) is 13.2. The molecule has 0 fully saturated rings. The Morgan fingerprint density at radius 1 is 0.778 bits per heavy atom. The highest BCUT2D eigenvalue weighted by molar-refractivity contribution is 5.77. The second-order valence-corrected chi connectivity index (χ2v) is 6.83. The van der Waals surface area contributed by atoms with Crippen molar-refractivity contribution in [3.05, 3.63) is 108 Å². The van der Waals surface area contributed by atoms with E-state index in [1.807, 2.05) is 66.5 Å². The molecule has 0 unspecified atom stereocenters. The van der Waals surface area contributed by atoms with Crippen molar-refractivity contribution in [2.24, 2.45) is 0 Å². The Morgan fingerprint density at radius 2 is 1.19 bits per heavy atom. The Morgan fingerprint density at radius 3 is 1.63 bits per heavy atom. The first-order valence-electron chi connectivity index (χ1n) is 9.40. The summed E-state index contributed by atoms with van der Waals surface area (Å²) in [5.74, 6) is 0.128. The van der Waals surface area contributed by atoms with Crippen molar-refractivity contribution in [2.45, 2.75) is 19.0 Å². The third-order valence-corrected chi connectivity index (χ3v) is 5.10. The molecule has 2 N–H and O–H groups in total. The van der Waals surface area contributed by atoms with Crippen molar-refractivity contribution >= 4 is 5.91 Å². The van der Waals surface area contributed by atoms with Crippen molar-refractivity contribution in [3.63, 3.8) is 0 Å². The molecule has 3 rings (SSSR count). The van der Waals surface area contributed by atoms with E-state index in [4.69, 9.17) is 0 Å². The van der Waals surface area contributed by atoms with E-state index in [0.717, 1.165) is 5.56 Å². The second-order valence-electron chi connectivity index (χ2n) is 6.83. The smallest absolute Gasteiger partial charge is 0.277 e. The van der Waals surface area contributed by atoms with Gasteiger partial charge in [0.15, 0.2) is 6.54 Å². The Kier molecular flexibility index (Phi) is 6.39. The van der Waals surface area contributed by atoms with Gasteiger partial charge in [-0.05, 0) is 12.5 Å². The number of carbonyl (C=O) groups is 1. The molecule has 3 aromatic carbocycles. The van der Waals surface area contributed by atoms with E-state index >= 15 is 0 Å².